The Balaban J connectivity index is 1.42. The maximum absolute atomic E-state index is 13.4. The number of carbonyl (C=O) groups excluding carboxylic acids is 1. The number of carbonyl (C=O) groups is 1. The van der Waals surface area contributed by atoms with Crippen molar-refractivity contribution in [2.24, 2.45) is 10.9 Å². The number of aryl methyl sites for hydroxylation is 1. The van der Waals surface area contributed by atoms with Gasteiger partial charge in [0.25, 0.3) is 0 Å². The van der Waals surface area contributed by atoms with E-state index < -0.39 is 5.92 Å². The van der Waals surface area contributed by atoms with Crippen molar-refractivity contribution in [1.29, 1.82) is 0 Å². The van der Waals surface area contributed by atoms with Crippen LogP contribution < -0.4 is 0 Å². The van der Waals surface area contributed by atoms with Crippen LogP contribution in [0.25, 0.3) is 17.0 Å². The van der Waals surface area contributed by atoms with Gasteiger partial charge >= 0.3 is 0 Å². The van der Waals surface area contributed by atoms with Crippen LogP contribution in [-0.2, 0) is 14.3 Å². The predicted molar refractivity (Wildman–Crippen MR) is 119 cm³/mol. The van der Waals surface area contributed by atoms with E-state index in [1.54, 1.807) is 24.4 Å². The van der Waals surface area contributed by atoms with Crippen molar-refractivity contribution in [3.8, 4) is 11.3 Å². The summed E-state index contributed by atoms with van der Waals surface area (Å²) in [5.74, 6) is 1.36. The van der Waals surface area contributed by atoms with Crippen molar-refractivity contribution >= 4 is 17.8 Å². The number of aromatic nitrogens is 4. The van der Waals surface area contributed by atoms with Gasteiger partial charge in [-0.1, -0.05) is 5.16 Å². The van der Waals surface area contributed by atoms with E-state index in [2.05, 4.69) is 20.3 Å². The van der Waals surface area contributed by atoms with Crippen molar-refractivity contribution in [3.05, 3.63) is 60.0 Å². The lowest BCUT2D eigenvalue weighted by molar-refractivity contribution is -0.134. The molecule has 0 spiro atoms. The van der Waals surface area contributed by atoms with Crippen LogP contribution in [0.5, 0.6) is 0 Å². The van der Waals surface area contributed by atoms with Crippen LogP contribution in [0.3, 0.4) is 0 Å². The van der Waals surface area contributed by atoms with Crippen molar-refractivity contribution < 1.29 is 18.8 Å². The molecular weight excluding hydrogens is 424 g/mol. The molecule has 0 bridgehead atoms. The molecular formula is C23H24N6O4. The van der Waals surface area contributed by atoms with E-state index in [9.17, 15) is 4.79 Å². The van der Waals surface area contributed by atoms with Gasteiger partial charge in [0.15, 0.2) is 17.2 Å². The summed E-state index contributed by atoms with van der Waals surface area (Å²) < 4.78 is 17.9. The largest absolute Gasteiger partial charge is 0.490 e. The summed E-state index contributed by atoms with van der Waals surface area (Å²) in [6, 6.07) is 5.04. The number of aliphatic imine (C=N–C) groups is 1. The van der Waals surface area contributed by atoms with Crippen molar-refractivity contribution in [3.63, 3.8) is 0 Å². The summed E-state index contributed by atoms with van der Waals surface area (Å²) in [6.07, 6.45) is 9.08. The average molecular weight is 448 g/mol. The fourth-order valence-electron chi connectivity index (χ4n) is 4.00. The molecule has 0 radical (unpaired) electrons. The molecule has 3 aromatic rings. The number of hydrogen-bond donors (Lipinski definition) is 0. The Bertz CT molecular complexity index is 1270. The zero-order valence-electron chi connectivity index (χ0n) is 18.6. The van der Waals surface area contributed by atoms with Gasteiger partial charge in [-0.3, -0.25) is 14.2 Å². The van der Waals surface area contributed by atoms with E-state index >= 15 is 0 Å². The topological polar surface area (TPSA) is 107 Å². The number of allylic oxidation sites excluding steroid dienone is 1. The van der Waals surface area contributed by atoms with Crippen molar-refractivity contribution in [1.82, 2.24) is 24.7 Å². The number of fused-ring (bicyclic) bond motifs is 2. The maximum atomic E-state index is 13.4. The minimum atomic E-state index is -0.438. The van der Waals surface area contributed by atoms with E-state index in [1.807, 2.05) is 54.8 Å². The Morgan fingerprint density at radius 1 is 1.24 bits per heavy atom. The maximum Gasteiger partial charge on any atom is 0.236 e. The van der Waals surface area contributed by atoms with Gasteiger partial charge in [0.05, 0.1) is 36.5 Å². The highest BCUT2D eigenvalue weighted by molar-refractivity contribution is 5.88. The number of methoxy groups -OCH3 is 1. The first kappa shape index (κ1) is 21.1. The molecule has 1 amide bonds. The van der Waals surface area contributed by atoms with Gasteiger partial charge < -0.3 is 18.9 Å². The molecule has 5 heterocycles. The summed E-state index contributed by atoms with van der Waals surface area (Å²) in [7, 11) is 1.61. The fraction of sp³-hybridized carbons (Fsp3) is 0.348. The highest BCUT2D eigenvalue weighted by Crippen LogP contribution is 2.31. The Hall–Kier alpha value is -3.79. The Morgan fingerprint density at radius 3 is 2.91 bits per heavy atom. The quantitative estimate of drug-likeness (QED) is 0.512. The third kappa shape index (κ3) is 3.93. The molecule has 0 fully saturated rings. The van der Waals surface area contributed by atoms with E-state index in [-0.39, 0.29) is 18.0 Å². The van der Waals surface area contributed by atoms with Gasteiger partial charge in [-0.2, -0.15) is 0 Å². The normalized spacial score (nSPS) is 20.8. The van der Waals surface area contributed by atoms with Crippen LogP contribution in [0.15, 0.2) is 58.0 Å². The molecule has 10 nitrogen and oxygen atoms in total. The Morgan fingerprint density at radius 2 is 2.12 bits per heavy atom. The highest BCUT2D eigenvalue weighted by atomic mass is 16.5. The van der Waals surface area contributed by atoms with Gasteiger partial charge in [0.2, 0.25) is 5.91 Å². The zero-order chi connectivity index (χ0) is 22.9. The predicted octanol–water partition coefficient (Wildman–Crippen LogP) is 2.73. The first-order chi connectivity index (χ1) is 16.0. The zero-order valence-corrected chi connectivity index (χ0v) is 18.6. The lowest BCUT2D eigenvalue weighted by Gasteiger charge is -2.34. The van der Waals surface area contributed by atoms with Gasteiger partial charge in [-0.05, 0) is 38.1 Å². The highest BCUT2D eigenvalue weighted by Gasteiger charge is 2.37. The minimum Gasteiger partial charge on any atom is -0.490 e. The SMILES string of the molecule is COCCOC1=CC2C(=O)N([C@@H](C)c3nnc4ccc(-c5cc(C)no5)cn34)C=CC2N=C1. The minimum absolute atomic E-state index is 0.0709. The van der Waals surface area contributed by atoms with Crippen LogP contribution in [0.4, 0.5) is 0 Å². The second-order valence-electron chi connectivity index (χ2n) is 8.00. The molecule has 0 aromatic carbocycles. The lowest BCUT2D eigenvalue weighted by atomic mass is 9.92. The average Bonchev–Trinajstić information content (AvgIpc) is 3.45. The van der Waals surface area contributed by atoms with Crippen molar-refractivity contribution in [2.75, 3.05) is 20.3 Å². The second kappa shape index (κ2) is 8.62. The first-order valence-electron chi connectivity index (χ1n) is 10.7. The number of pyridine rings is 1. The molecule has 0 N–H and O–H groups in total. The Kier molecular flexibility index (Phi) is 5.51. The lowest BCUT2D eigenvalue weighted by Crippen LogP contribution is -2.42. The number of hydrogen-bond acceptors (Lipinski definition) is 8. The number of nitrogens with zero attached hydrogens (tertiary/aromatic N) is 6. The molecule has 10 heteroatoms. The molecule has 170 valence electrons. The smallest absolute Gasteiger partial charge is 0.236 e. The van der Waals surface area contributed by atoms with Crippen LogP contribution in [-0.4, -0.2) is 63.1 Å². The first-order valence-corrected chi connectivity index (χ1v) is 10.7. The monoisotopic (exact) mass is 448 g/mol. The summed E-state index contributed by atoms with van der Waals surface area (Å²) >= 11 is 0. The van der Waals surface area contributed by atoms with Crippen molar-refractivity contribution in [2.45, 2.75) is 25.9 Å². The van der Waals surface area contributed by atoms with Crippen LogP contribution in [0.2, 0.25) is 0 Å². The van der Waals surface area contributed by atoms with Crippen LogP contribution >= 0.6 is 0 Å². The van der Waals surface area contributed by atoms with Gasteiger partial charge in [-0.25, -0.2) is 0 Å². The van der Waals surface area contributed by atoms with E-state index in [0.717, 1.165) is 11.3 Å². The molecule has 5 rings (SSSR count). The summed E-state index contributed by atoms with van der Waals surface area (Å²) in [5, 5.41) is 12.6. The van der Waals surface area contributed by atoms with E-state index in [1.165, 1.54) is 0 Å². The van der Waals surface area contributed by atoms with Gasteiger partial charge in [0.1, 0.15) is 12.4 Å². The summed E-state index contributed by atoms with van der Waals surface area (Å²) in [4.78, 5) is 19.5. The van der Waals surface area contributed by atoms with Crippen LogP contribution in [0, 0.1) is 12.8 Å². The standard InChI is InChI=1S/C23H24N6O4/c1-14-10-20(33-27-14)16-4-5-21-25-26-22(29(21)13-16)15(2)28-7-6-19-18(23(28)30)11-17(12-24-19)32-9-8-31-3/h4-7,10-13,15,18-19H,8-9H2,1-3H3/t15-,18?,19?/m0/s1. The number of rotatable bonds is 7. The number of ether oxygens (including phenoxy) is 2. The molecule has 0 saturated heterocycles. The molecule has 33 heavy (non-hydrogen) atoms. The molecule has 2 aliphatic rings. The molecule has 2 aliphatic heterocycles. The number of amides is 1. The molecule has 2 unspecified atom stereocenters. The third-order valence-electron chi connectivity index (χ3n) is 5.76. The summed E-state index contributed by atoms with van der Waals surface area (Å²) in [5.41, 5.74) is 2.33. The molecule has 0 saturated carbocycles. The molecule has 3 atom stereocenters. The second-order valence-corrected chi connectivity index (χ2v) is 8.00. The van der Waals surface area contributed by atoms with Crippen LogP contribution in [0.1, 0.15) is 24.5 Å². The molecule has 0 aliphatic carbocycles. The third-order valence-corrected chi connectivity index (χ3v) is 5.76. The van der Waals surface area contributed by atoms with E-state index in [0.29, 0.717) is 36.2 Å². The molecule has 3 aromatic heterocycles. The van der Waals surface area contributed by atoms with E-state index in [4.69, 9.17) is 14.0 Å². The number of dihydropyridines is 1. The van der Waals surface area contributed by atoms with Gasteiger partial charge in [0, 0.05) is 31.1 Å². The van der Waals surface area contributed by atoms with Gasteiger partial charge in [-0.15, -0.1) is 10.2 Å². The fourth-order valence-corrected chi connectivity index (χ4v) is 4.00. The summed E-state index contributed by atoms with van der Waals surface area (Å²) in [6.45, 7) is 4.66. The Labute approximate surface area is 190 Å².